The van der Waals surface area contributed by atoms with E-state index in [1.165, 1.54) is 5.56 Å². The Balaban J connectivity index is 1.77. The van der Waals surface area contributed by atoms with Gasteiger partial charge in [0.25, 0.3) is 0 Å². The lowest BCUT2D eigenvalue weighted by molar-refractivity contribution is -0.116. The van der Waals surface area contributed by atoms with E-state index in [2.05, 4.69) is 38.2 Å². The van der Waals surface area contributed by atoms with Crippen molar-refractivity contribution in [2.45, 2.75) is 32.6 Å². The molecule has 0 aliphatic carbocycles. The molecule has 0 spiro atoms. The Morgan fingerprint density at radius 2 is 1.54 bits per heavy atom. The lowest BCUT2D eigenvalue weighted by Gasteiger charge is -2.19. The van der Waals surface area contributed by atoms with Gasteiger partial charge in [-0.2, -0.15) is 0 Å². The van der Waals surface area contributed by atoms with Crippen LogP contribution >= 0.6 is 0 Å². The van der Waals surface area contributed by atoms with Crippen molar-refractivity contribution in [2.75, 3.05) is 19.0 Å². The molecule has 2 rings (SSSR count). The summed E-state index contributed by atoms with van der Waals surface area (Å²) in [5.74, 6) is 1.46. The van der Waals surface area contributed by atoms with Gasteiger partial charge < -0.3 is 14.8 Å². The summed E-state index contributed by atoms with van der Waals surface area (Å²) in [6, 6.07) is 15.3. The maximum absolute atomic E-state index is 11.9. The Morgan fingerprint density at radius 3 is 2.08 bits per heavy atom. The van der Waals surface area contributed by atoms with E-state index in [0.29, 0.717) is 13.0 Å². The summed E-state index contributed by atoms with van der Waals surface area (Å²) in [6.07, 6.45) is 0.299. The number of carbonyl (C=O) groups is 1. The Hall–Kier alpha value is -2.49. The van der Waals surface area contributed by atoms with Crippen LogP contribution in [0, 0.1) is 0 Å². The van der Waals surface area contributed by atoms with Gasteiger partial charge in [-0.1, -0.05) is 32.9 Å². The van der Waals surface area contributed by atoms with Crippen LogP contribution in [-0.4, -0.2) is 19.6 Å². The number of rotatable bonds is 6. The van der Waals surface area contributed by atoms with E-state index in [1.807, 2.05) is 36.4 Å². The third-order valence-electron chi connectivity index (χ3n) is 3.69. The van der Waals surface area contributed by atoms with E-state index in [4.69, 9.17) is 9.47 Å². The highest BCUT2D eigenvalue weighted by atomic mass is 16.5. The van der Waals surface area contributed by atoms with Crippen molar-refractivity contribution in [2.24, 2.45) is 0 Å². The van der Waals surface area contributed by atoms with Gasteiger partial charge in [-0.15, -0.1) is 0 Å². The number of anilines is 1. The van der Waals surface area contributed by atoms with Crippen molar-refractivity contribution < 1.29 is 14.3 Å². The molecule has 0 aliphatic rings. The molecule has 0 radical (unpaired) electrons. The molecular formula is C20H25NO3. The molecule has 2 aromatic carbocycles. The van der Waals surface area contributed by atoms with E-state index < -0.39 is 0 Å². The highest BCUT2D eigenvalue weighted by Crippen LogP contribution is 2.24. The van der Waals surface area contributed by atoms with Gasteiger partial charge in [0, 0.05) is 5.69 Å². The van der Waals surface area contributed by atoms with Gasteiger partial charge in [-0.25, -0.2) is 0 Å². The zero-order chi connectivity index (χ0) is 17.6. The maximum atomic E-state index is 11.9. The van der Waals surface area contributed by atoms with Crippen LogP contribution in [0.3, 0.4) is 0 Å². The number of hydrogen-bond acceptors (Lipinski definition) is 3. The highest BCUT2D eigenvalue weighted by Gasteiger charge is 2.13. The molecule has 0 aromatic heterocycles. The lowest BCUT2D eigenvalue weighted by Crippen LogP contribution is -2.15. The molecule has 4 nitrogen and oxygen atoms in total. The molecule has 4 heteroatoms. The van der Waals surface area contributed by atoms with Gasteiger partial charge in [0.15, 0.2) is 0 Å². The number of nitrogens with one attached hydrogen (secondary N) is 1. The zero-order valence-corrected chi connectivity index (χ0v) is 14.8. The minimum Gasteiger partial charge on any atom is -0.497 e. The molecule has 128 valence electrons. The van der Waals surface area contributed by atoms with E-state index >= 15 is 0 Å². The molecule has 2 aromatic rings. The van der Waals surface area contributed by atoms with Crippen LogP contribution in [0.2, 0.25) is 0 Å². The molecule has 0 aliphatic heterocycles. The van der Waals surface area contributed by atoms with E-state index in [0.717, 1.165) is 17.2 Å². The van der Waals surface area contributed by atoms with Crippen LogP contribution in [-0.2, 0) is 10.2 Å². The predicted octanol–water partition coefficient (Wildman–Crippen LogP) is 4.40. The molecule has 0 saturated heterocycles. The van der Waals surface area contributed by atoms with Crippen molar-refractivity contribution >= 4 is 11.6 Å². The lowest BCUT2D eigenvalue weighted by atomic mass is 9.87. The monoisotopic (exact) mass is 327 g/mol. The third kappa shape index (κ3) is 5.30. The molecule has 1 N–H and O–H groups in total. The minimum absolute atomic E-state index is 0.0773. The normalized spacial score (nSPS) is 11.0. The fraction of sp³-hybridized carbons (Fsp3) is 0.350. The summed E-state index contributed by atoms with van der Waals surface area (Å²) in [5.41, 5.74) is 2.12. The molecule has 0 saturated carbocycles. The second kappa shape index (κ2) is 7.86. The molecule has 0 fully saturated rings. The van der Waals surface area contributed by atoms with Gasteiger partial charge in [0.2, 0.25) is 5.91 Å². The van der Waals surface area contributed by atoms with Crippen LogP contribution in [0.15, 0.2) is 48.5 Å². The van der Waals surface area contributed by atoms with Crippen LogP contribution in [0.4, 0.5) is 5.69 Å². The number of benzene rings is 2. The quantitative estimate of drug-likeness (QED) is 0.855. The first kappa shape index (κ1) is 17.9. The van der Waals surface area contributed by atoms with Crippen LogP contribution in [0.1, 0.15) is 32.8 Å². The van der Waals surface area contributed by atoms with E-state index in [1.54, 1.807) is 7.11 Å². The summed E-state index contributed by atoms with van der Waals surface area (Å²) in [7, 11) is 1.61. The average molecular weight is 327 g/mol. The van der Waals surface area contributed by atoms with E-state index in [-0.39, 0.29) is 11.3 Å². The number of ether oxygens (including phenoxy) is 2. The Kier molecular flexibility index (Phi) is 5.85. The fourth-order valence-corrected chi connectivity index (χ4v) is 2.21. The van der Waals surface area contributed by atoms with Gasteiger partial charge >= 0.3 is 0 Å². The number of methoxy groups -OCH3 is 1. The number of hydrogen-bond donors (Lipinski definition) is 1. The van der Waals surface area contributed by atoms with Crippen molar-refractivity contribution in [1.29, 1.82) is 0 Å². The second-order valence-electron chi connectivity index (χ2n) is 6.65. The van der Waals surface area contributed by atoms with Crippen molar-refractivity contribution in [3.8, 4) is 11.5 Å². The third-order valence-corrected chi connectivity index (χ3v) is 3.69. The molecule has 0 unspecified atom stereocenters. The SMILES string of the molecule is COc1ccc(NC(=O)CCOc2ccc(C(C)(C)C)cc2)cc1. The van der Waals surface area contributed by atoms with Crippen molar-refractivity contribution in [1.82, 2.24) is 0 Å². The molecule has 0 atom stereocenters. The predicted molar refractivity (Wildman–Crippen MR) is 96.9 cm³/mol. The van der Waals surface area contributed by atoms with Gasteiger partial charge in [-0.3, -0.25) is 4.79 Å². The largest absolute Gasteiger partial charge is 0.497 e. The standard InChI is InChI=1S/C20H25NO3/c1-20(2,3)15-5-9-18(10-6-15)24-14-13-19(22)21-16-7-11-17(23-4)12-8-16/h5-12H,13-14H2,1-4H3,(H,21,22). The van der Waals surface area contributed by atoms with E-state index in [9.17, 15) is 4.79 Å². The summed E-state index contributed by atoms with van der Waals surface area (Å²) < 4.78 is 10.7. The first-order valence-electron chi connectivity index (χ1n) is 8.06. The number of carbonyl (C=O) groups excluding carboxylic acids is 1. The maximum Gasteiger partial charge on any atom is 0.227 e. The summed E-state index contributed by atoms with van der Waals surface area (Å²) in [5, 5.41) is 2.83. The molecular weight excluding hydrogens is 302 g/mol. The van der Waals surface area contributed by atoms with Crippen LogP contribution < -0.4 is 14.8 Å². The molecule has 0 bridgehead atoms. The zero-order valence-electron chi connectivity index (χ0n) is 14.8. The van der Waals surface area contributed by atoms with Crippen molar-refractivity contribution in [3.05, 3.63) is 54.1 Å². The number of amides is 1. The molecule has 1 amide bonds. The summed E-state index contributed by atoms with van der Waals surface area (Å²) >= 11 is 0. The second-order valence-corrected chi connectivity index (χ2v) is 6.65. The molecule has 24 heavy (non-hydrogen) atoms. The van der Waals surface area contributed by atoms with Gasteiger partial charge in [0.05, 0.1) is 20.1 Å². The minimum atomic E-state index is -0.0773. The van der Waals surface area contributed by atoms with Crippen molar-refractivity contribution in [3.63, 3.8) is 0 Å². The average Bonchev–Trinajstić information content (AvgIpc) is 2.55. The van der Waals surface area contributed by atoms with Gasteiger partial charge in [0.1, 0.15) is 11.5 Å². The van der Waals surface area contributed by atoms with Gasteiger partial charge in [-0.05, 0) is 47.4 Å². The Morgan fingerprint density at radius 1 is 0.958 bits per heavy atom. The van der Waals surface area contributed by atoms with Crippen LogP contribution in [0.25, 0.3) is 0 Å². The highest BCUT2D eigenvalue weighted by molar-refractivity contribution is 5.90. The Labute approximate surface area is 143 Å². The molecule has 0 heterocycles. The summed E-state index contributed by atoms with van der Waals surface area (Å²) in [4.78, 5) is 11.9. The Bertz CT molecular complexity index is 655. The first-order chi connectivity index (χ1) is 11.4. The van der Waals surface area contributed by atoms with Crippen LogP contribution in [0.5, 0.6) is 11.5 Å². The first-order valence-corrected chi connectivity index (χ1v) is 8.06. The topological polar surface area (TPSA) is 47.6 Å². The fourth-order valence-electron chi connectivity index (χ4n) is 2.21. The smallest absolute Gasteiger partial charge is 0.227 e. The summed E-state index contributed by atoms with van der Waals surface area (Å²) in [6.45, 7) is 6.86.